The molecule has 4 N–H and O–H groups in total. The first-order valence-electron chi connectivity index (χ1n) is 18.9. The third-order valence-electron chi connectivity index (χ3n) is 10.8. The molecule has 56 heavy (non-hydrogen) atoms. The molecule has 0 bridgehead atoms. The maximum atomic E-state index is 10.2. The summed E-state index contributed by atoms with van der Waals surface area (Å²) in [6, 6.07) is 20.1. The number of aromatic amines is 2. The molecule has 13 heteroatoms. The van der Waals surface area contributed by atoms with Crippen molar-refractivity contribution in [3.8, 4) is 45.6 Å². The number of nitrogens with one attached hydrogen (secondary N) is 2. The largest absolute Gasteiger partial charge is 0.508 e. The van der Waals surface area contributed by atoms with Crippen molar-refractivity contribution in [3.63, 3.8) is 0 Å². The Labute approximate surface area is 335 Å². The Kier molecular flexibility index (Phi) is 10.6. The van der Waals surface area contributed by atoms with E-state index in [1.165, 1.54) is 22.2 Å². The fourth-order valence-electron chi connectivity index (χ4n) is 7.76. The summed E-state index contributed by atoms with van der Waals surface area (Å²) in [5.41, 5.74) is 13.2. The van der Waals surface area contributed by atoms with Crippen molar-refractivity contribution < 1.29 is 10.2 Å². The minimum absolute atomic E-state index is 0.309. The van der Waals surface area contributed by atoms with Crippen molar-refractivity contribution in [3.05, 3.63) is 110 Å². The van der Waals surface area contributed by atoms with Crippen LogP contribution >= 0.6 is 24.4 Å². The maximum Gasteiger partial charge on any atom is 0.200 e. The van der Waals surface area contributed by atoms with Crippen LogP contribution in [-0.2, 0) is 32.9 Å². The van der Waals surface area contributed by atoms with Crippen LogP contribution in [0.15, 0.2) is 67.0 Å². The van der Waals surface area contributed by atoms with E-state index < -0.39 is 0 Å². The Balaban J connectivity index is 0.000000172. The number of imidazole rings is 1. The summed E-state index contributed by atoms with van der Waals surface area (Å²) in [5, 5.41) is 36.5. The van der Waals surface area contributed by atoms with E-state index in [9.17, 15) is 10.2 Å². The third-order valence-corrected chi connectivity index (χ3v) is 11.4. The highest BCUT2D eigenvalue weighted by Gasteiger charge is 2.20. The Bertz CT molecular complexity index is 2890. The first-order chi connectivity index (χ1) is 26.9. The summed E-state index contributed by atoms with van der Waals surface area (Å²) < 4.78 is 9.32. The molecule has 8 rings (SSSR count). The predicted molar refractivity (Wildman–Crippen MR) is 229 cm³/mol. The smallest absolute Gasteiger partial charge is 0.200 e. The van der Waals surface area contributed by atoms with E-state index in [0.717, 1.165) is 87.4 Å². The highest BCUT2D eigenvalue weighted by atomic mass is 32.1. The average Bonchev–Trinajstić information content (AvgIpc) is 3.95. The lowest BCUT2D eigenvalue weighted by molar-refractivity contribution is 0.468. The number of aromatic hydroxyl groups is 2. The van der Waals surface area contributed by atoms with Gasteiger partial charge in [0, 0.05) is 41.3 Å². The maximum absolute atomic E-state index is 10.2. The molecule has 0 aliphatic rings. The summed E-state index contributed by atoms with van der Waals surface area (Å²) in [4.78, 5) is 4.61. The number of phenols is 2. The van der Waals surface area contributed by atoms with Gasteiger partial charge in [-0.1, -0.05) is 26.8 Å². The number of para-hydroxylation sites is 1. The molecule has 0 spiro atoms. The number of aromatic nitrogens is 9. The third kappa shape index (κ3) is 6.54. The number of aryl methyl sites for hydroxylation is 7. The molecule has 0 saturated heterocycles. The van der Waals surface area contributed by atoms with Crippen molar-refractivity contribution in [2.45, 2.75) is 74.3 Å². The van der Waals surface area contributed by atoms with Crippen LogP contribution in [0, 0.1) is 30.3 Å². The Morgan fingerprint density at radius 2 is 1.29 bits per heavy atom. The zero-order valence-electron chi connectivity index (χ0n) is 33.0. The van der Waals surface area contributed by atoms with Gasteiger partial charge in [0.1, 0.15) is 17.0 Å². The lowest BCUT2D eigenvalue weighted by Gasteiger charge is -2.12. The van der Waals surface area contributed by atoms with Gasteiger partial charge in [-0.2, -0.15) is 10.2 Å². The van der Waals surface area contributed by atoms with Crippen LogP contribution in [0.5, 0.6) is 11.5 Å². The van der Waals surface area contributed by atoms with Gasteiger partial charge >= 0.3 is 0 Å². The molecule has 0 aliphatic heterocycles. The average molecular weight is 786 g/mol. The zero-order valence-corrected chi connectivity index (χ0v) is 34.7. The van der Waals surface area contributed by atoms with Crippen LogP contribution < -0.4 is 0 Å². The van der Waals surface area contributed by atoms with Crippen LogP contribution in [-0.4, -0.2) is 53.9 Å². The fourth-order valence-corrected chi connectivity index (χ4v) is 8.23. The van der Waals surface area contributed by atoms with Crippen LogP contribution in [0.2, 0.25) is 0 Å². The summed E-state index contributed by atoms with van der Waals surface area (Å²) in [6.45, 7) is 15.3. The van der Waals surface area contributed by atoms with Crippen LogP contribution in [0.4, 0.5) is 0 Å². The zero-order chi connectivity index (χ0) is 40.0. The minimum Gasteiger partial charge on any atom is -0.508 e. The number of fused-ring (bicyclic) bond motifs is 2. The molecule has 0 fully saturated rings. The molecule has 0 atom stereocenters. The molecule has 8 aromatic rings. The van der Waals surface area contributed by atoms with E-state index in [-0.39, 0.29) is 0 Å². The van der Waals surface area contributed by atoms with E-state index in [0.29, 0.717) is 26.9 Å². The Morgan fingerprint density at radius 3 is 1.86 bits per heavy atom. The van der Waals surface area contributed by atoms with Crippen molar-refractivity contribution in [1.29, 1.82) is 0 Å². The number of nitrogens with zero attached hydrogens (tertiary/aromatic N) is 7. The van der Waals surface area contributed by atoms with E-state index in [1.807, 2.05) is 67.4 Å². The molecule has 0 saturated carbocycles. The molecule has 4 aromatic carbocycles. The molecule has 4 aromatic heterocycles. The van der Waals surface area contributed by atoms with Crippen LogP contribution in [0.1, 0.15) is 61.2 Å². The molecule has 288 valence electrons. The van der Waals surface area contributed by atoms with E-state index in [4.69, 9.17) is 24.4 Å². The quantitative estimate of drug-likeness (QED) is 0.113. The van der Waals surface area contributed by atoms with Crippen molar-refractivity contribution in [2.24, 2.45) is 7.05 Å². The monoisotopic (exact) mass is 785 g/mol. The second kappa shape index (κ2) is 15.4. The Morgan fingerprint density at radius 1 is 0.696 bits per heavy atom. The normalized spacial score (nSPS) is 11.4. The Hall–Kier alpha value is -5.79. The van der Waals surface area contributed by atoms with E-state index in [2.05, 4.69) is 86.6 Å². The summed E-state index contributed by atoms with van der Waals surface area (Å²) in [7, 11) is 2.12. The second-order valence-electron chi connectivity index (χ2n) is 14.0. The van der Waals surface area contributed by atoms with Gasteiger partial charge in [0.25, 0.3) is 0 Å². The van der Waals surface area contributed by atoms with Gasteiger partial charge in [-0.05, 0) is 154 Å². The first kappa shape index (κ1) is 38.5. The molecular weight excluding hydrogens is 739 g/mol. The standard InChI is InChI=1S/C23H26N4OS.C20H21N5OS/c1-6-15-11-17(13(3)10-21(15)28)22-24-25-23(29)27(22)16-8-9-20-18(12-16)14(4)19(7-2)26(20)5;1-4-13-10-14(12(3)9-17(13)26)19-22-23-20(27)25(19)16-8-6-7-15-18(16)21-11-24(15)5-2/h8-12,28H,6-7H2,1-5H3,(H,25,29);6-11,26H,4-5H2,1-3H3,(H,23,27). The van der Waals surface area contributed by atoms with Gasteiger partial charge < -0.3 is 19.3 Å². The molecule has 0 aliphatic carbocycles. The second-order valence-corrected chi connectivity index (χ2v) is 14.8. The van der Waals surface area contributed by atoms with Gasteiger partial charge in [0.2, 0.25) is 0 Å². The summed E-state index contributed by atoms with van der Waals surface area (Å²) in [6.07, 6.45) is 4.33. The van der Waals surface area contributed by atoms with Gasteiger partial charge in [0.05, 0.1) is 23.2 Å². The number of hydrogen-bond donors (Lipinski definition) is 4. The number of rotatable bonds is 8. The number of hydrogen-bond acceptors (Lipinski definition) is 7. The number of benzene rings is 4. The van der Waals surface area contributed by atoms with Gasteiger partial charge in [0.15, 0.2) is 21.2 Å². The SMILES string of the molecule is CCc1cc(-c2n[nH]c(=S)n2-c2ccc3c(c2)c(C)c(CC)n3C)c(C)cc1O.CCc1cc(-c2n[nH]c(=S)n2-c2cccc3c2ncn3CC)c(C)cc1O. The van der Waals surface area contributed by atoms with E-state index in [1.54, 1.807) is 12.1 Å². The van der Waals surface area contributed by atoms with Gasteiger partial charge in [-0.3, -0.25) is 19.3 Å². The van der Waals surface area contributed by atoms with Gasteiger partial charge in [-0.15, -0.1) is 0 Å². The lowest BCUT2D eigenvalue weighted by atomic mass is 10.0. The molecule has 4 heterocycles. The van der Waals surface area contributed by atoms with Crippen molar-refractivity contribution in [1.82, 2.24) is 43.6 Å². The first-order valence-corrected chi connectivity index (χ1v) is 19.8. The van der Waals surface area contributed by atoms with E-state index >= 15 is 0 Å². The number of phenolic OH excluding ortho intramolecular Hbond substituents is 2. The van der Waals surface area contributed by atoms with Crippen LogP contribution in [0.3, 0.4) is 0 Å². The molecular formula is C43H47N9O2S2. The number of H-pyrrole nitrogens is 2. The molecule has 0 unspecified atom stereocenters. The van der Waals surface area contributed by atoms with Crippen molar-refractivity contribution in [2.75, 3.05) is 0 Å². The van der Waals surface area contributed by atoms with Gasteiger partial charge in [-0.25, -0.2) is 4.98 Å². The molecule has 0 radical (unpaired) electrons. The lowest BCUT2D eigenvalue weighted by Crippen LogP contribution is -2.01. The minimum atomic E-state index is 0.309. The molecule has 0 amide bonds. The summed E-state index contributed by atoms with van der Waals surface area (Å²) >= 11 is 11.1. The van der Waals surface area contributed by atoms with Crippen LogP contribution in [0.25, 0.3) is 56.1 Å². The fraction of sp³-hybridized carbons (Fsp3) is 0.279. The van der Waals surface area contributed by atoms with Crippen molar-refractivity contribution >= 4 is 46.4 Å². The summed E-state index contributed by atoms with van der Waals surface area (Å²) in [5.74, 6) is 2.10. The highest BCUT2D eigenvalue weighted by molar-refractivity contribution is 7.71. The predicted octanol–water partition coefficient (Wildman–Crippen LogP) is 10.1. The topological polar surface area (TPSA) is 130 Å². The highest BCUT2D eigenvalue weighted by Crippen LogP contribution is 2.34. The molecule has 11 nitrogen and oxygen atoms in total.